The Morgan fingerprint density at radius 2 is 1.71 bits per heavy atom. The number of hydrogen-bond acceptors (Lipinski definition) is 4. The Kier molecular flexibility index (Phi) is 8.43. The number of nitrogens with zero attached hydrogens (tertiary/aromatic N) is 2. The van der Waals surface area contributed by atoms with E-state index in [1.807, 2.05) is 65.6 Å². The Hall–Kier alpha value is -3.48. The maximum absolute atomic E-state index is 13.1. The highest BCUT2D eigenvalue weighted by Crippen LogP contribution is 2.34. The van der Waals surface area contributed by atoms with Crippen LogP contribution in [0.1, 0.15) is 16.7 Å². The molecule has 4 aromatic rings. The molecular formula is C27H27Cl2N3O3. The molecule has 8 heteroatoms. The average Bonchev–Trinajstić information content (AvgIpc) is 3.25. The van der Waals surface area contributed by atoms with Gasteiger partial charge < -0.3 is 19.4 Å². The normalized spacial score (nSPS) is 12.6. The molecule has 2 aromatic carbocycles. The molecule has 35 heavy (non-hydrogen) atoms. The molecule has 0 radical (unpaired) electrons. The van der Waals surface area contributed by atoms with Crippen LogP contribution in [0, 0.1) is 0 Å². The van der Waals surface area contributed by atoms with Crippen LogP contribution < -0.4 is 9.47 Å². The third-order valence-corrected chi connectivity index (χ3v) is 6.10. The number of carbonyl (C=O) groups excluding carboxylic acids is 1. The summed E-state index contributed by atoms with van der Waals surface area (Å²) in [4.78, 5) is 22.8. The Morgan fingerprint density at radius 1 is 1.00 bits per heavy atom. The predicted molar refractivity (Wildman–Crippen MR) is 144 cm³/mol. The van der Waals surface area contributed by atoms with E-state index in [4.69, 9.17) is 9.47 Å². The van der Waals surface area contributed by atoms with E-state index in [2.05, 4.69) is 9.97 Å². The van der Waals surface area contributed by atoms with Crippen molar-refractivity contribution in [3.05, 3.63) is 83.6 Å². The summed E-state index contributed by atoms with van der Waals surface area (Å²) in [5.74, 6) is 1.38. The van der Waals surface area contributed by atoms with Gasteiger partial charge in [-0.2, -0.15) is 0 Å². The summed E-state index contributed by atoms with van der Waals surface area (Å²) in [6, 6.07) is 18.0. The third kappa shape index (κ3) is 5.14. The highest BCUT2D eigenvalue weighted by atomic mass is 35.5. The van der Waals surface area contributed by atoms with Crippen LogP contribution in [-0.2, 0) is 17.8 Å². The van der Waals surface area contributed by atoms with Crippen LogP contribution in [0.4, 0.5) is 0 Å². The molecule has 3 heterocycles. The Bertz CT molecular complexity index is 1350. The van der Waals surface area contributed by atoms with E-state index in [0.29, 0.717) is 18.8 Å². The fourth-order valence-corrected chi connectivity index (χ4v) is 4.38. The summed E-state index contributed by atoms with van der Waals surface area (Å²) in [6.07, 6.45) is 6.10. The molecule has 0 saturated carbocycles. The lowest BCUT2D eigenvalue weighted by Gasteiger charge is -2.28. The summed E-state index contributed by atoms with van der Waals surface area (Å²) in [7, 11) is 3.26. The second-order valence-electron chi connectivity index (χ2n) is 8.00. The minimum Gasteiger partial charge on any atom is -0.493 e. The number of benzene rings is 2. The van der Waals surface area contributed by atoms with Gasteiger partial charge in [0.05, 0.1) is 19.9 Å². The van der Waals surface area contributed by atoms with Gasteiger partial charge in [-0.3, -0.25) is 4.79 Å². The summed E-state index contributed by atoms with van der Waals surface area (Å²) >= 11 is 0. The molecule has 1 aliphatic heterocycles. The van der Waals surface area contributed by atoms with Crippen molar-refractivity contribution in [3.63, 3.8) is 0 Å². The Morgan fingerprint density at radius 3 is 2.43 bits per heavy atom. The van der Waals surface area contributed by atoms with Crippen LogP contribution in [0.15, 0.2) is 66.9 Å². The summed E-state index contributed by atoms with van der Waals surface area (Å²) in [5.41, 5.74) is 6.04. The van der Waals surface area contributed by atoms with E-state index >= 15 is 0 Å². The number of amides is 1. The predicted octanol–water partition coefficient (Wildman–Crippen LogP) is 5.69. The molecule has 5 rings (SSSR count). The first kappa shape index (κ1) is 26.1. The lowest BCUT2D eigenvalue weighted by molar-refractivity contribution is -0.126. The van der Waals surface area contributed by atoms with E-state index < -0.39 is 0 Å². The van der Waals surface area contributed by atoms with Crippen molar-refractivity contribution in [2.75, 3.05) is 20.8 Å². The molecule has 2 aromatic heterocycles. The molecule has 1 aliphatic rings. The zero-order valence-electron chi connectivity index (χ0n) is 19.5. The highest BCUT2D eigenvalue weighted by Gasteiger charge is 2.22. The van der Waals surface area contributed by atoms with Crippen LogP contribution in [0.2, 0.25) is 0 Å². The fraction of sp³-hybridized carbons (Fsp3) is 0.185. The highest BCUT2D eigenvalue weighted by molar-refractivity contribution is 5.99. The van der Waals surface area contributed by atoms with Crippen LogP contribution in [-0.4, -0.2) is 41.5 Å². The molecule has 1 N–H and O–H groups in total. The van der Waals surface area contributed by atoms with E-state index in [0.717, 1.165) is 45.6 Å². The van der Waals surface area contributed by atoms with E-state index in [1.165, 1.54) is 5.56 Å². The molecule has 0 fully saturated rings. The number of aromatic nitrogens is 2. The van der Waals surface area contributed by atoms with Crippen molar-refractivity contribution in [2.45, 2.75) is 13.0 Å². The second kappa shape index (κ2) is 11.3. The van der Waals surface area contributed by atoms with Gasteiger partial charge in [-0.25, -0.2) is 4.98 Å². The number of aromatic amines is 1. The fourth-order valence-electron chi connectivity index (χ4n) is 4.38. The number of rotatable bonds is 5. The van der Waals surface area contributed by atoms with Crippen molar-refractivity contribution in [1.82, 2.24) is 14.9 Å². The summed E-state index contributed by atoms with van der Waals surface area (Å²) in [6.45, 7) is 1.20. The smallest absolute Gasteiger partial charge is 0.246 e. The van der Waals surface area contributed by atoms with Crippen molar-refractivity contribution in [1.29, 1.82) is 0 Å². The molecule has 0 aliphatic carbocycles. The number of fused-ring (bicyclic) bond motifs is 2. The van der Waals surface area contributed by atoms with E-state index in [1.54, 1.807) is 26.5 Å². The molecular weight excluding hydrogens is 485 g/mol. The number of nitrogens with one attached hydrogen (secondary N) is 1. The van der Waals surface area contributed by atoms with Crippen LogP contribution in [0.5, 0.6) is 11.5 Å². The average molecular weight is 512 g/mol. The summed E-state index contributed by atoms with van der Waals surface area (Å²) < 4.78 is 10.9. The zero-order valence-corrected chi connectivity index (χ0v) is 21.1. The SMILES string of the molecule is COc1cc2c(cc1OC)CN(C(=O)/C=C/c1c(-c3ccccc3)[nH]c3ncccc13)CC2.Cl.Cl. The van der Waals surface area contributed by atoms with E-state index in [-0.39, 0.29) is 30.7 Å². The molecule has 0 atom stereocenters. The van der Waals surface area contributed by atoms with Crippen LogP contribution in [0.3, 0.4) is 0 Å². The Balaban J connectivity index is 0.00000171. The number of methoxy groups -OCH3 is 2. The van der Waals surface area contributed by atoms with Gasteiger partial charge in [0.2, 0.25) is 5.91 Å². The number of hydrogen-bond donors (Lipinski definition) is 1. The number of ether oxygens (including phenoxy) is 2. The van der Waals surface area contributed by atoms with Gasteiger partial charge in [0.1, 0.15) is 5.65 Å². The van der Waals surface area contributed by atoms with Crippen molar-refractivity contribution >= 4 is 47.8 Å². The number of H-pyrrole nitrogens is 1. The lowest BCUT2D eigenvalue weighted by atomic mass is 9.98. The Labute approximate surface area is 216 Å². The van der Waals surface area contributed by atoms with Gasteiger partial charge in [-0.15, -0.1) is 24.8 Å². The van der Waals surface area contributed by atoms with Crippen molar-refractivity contribution in [2.24, 2.45) is 0 Å². The first-order valence-electron chi connectivity index (χ1n) is 10.9. The molecule has 0 saturated heterocycles. The molecule has 182 valence electrons. The van der Waals surface area contributed by atoms with E-state index in [9.17, 15) is 4.79 Å². The van der Waals surface area contributed by atoms with Crippen LogP contribution >= 0.6 is 24.8 Å². The molecule has 1 amide bonds. The third-order valence-electron chi connectivity index (χ3n) is 6.10. The van der Waals surface area contributed by atoms with Crippen molar-refractivity contribution < 1.29 is 14.3 Å². The second-order valence-corrected chi connectivity index (χ2v) is 8.00. The minimum absolute atomic E-state index is 0. The first-order valence-corrected chi connectivity index (χ1v) is 10.9. The lowest BCUT2D eigenvalue weighted by Crippen LogP contribution is -2.34. The van der Waals surface area contributed by atoms with Gasteiger partial charge in [0.25, 0.3) is 0 Å². The first-order chi connectivity index (χ1) is 16.2. The zero-order chi connectivity index (χ0) is 22.8. The quantitative estimate of drug-likeness (QED) is 0.349. The van der Waals surface area contributed by atoms with Gasteiger partial charge in [-0.05, 0) is 53.5 Å². The van der Waals surface area contributed by atoms with Gasteiger partial charge in [0, 0.05) is 36.3 Å². The minimum atomic E-state index is -0.0207. The van der Waals surface area contributed by atoms with Gasteiger partial charge in [0.15, 0.2) is 11.5 Å². The van der Waals surface area contributed by atoms with Gasteiger partial charge >= 0.3 is 0 Å². The largest absolute Gasteiger partial charge is 0.493 e. The molecule has 0 bridgehead atoms. The monoisotopic (exact) mass is 511 g/mol. The van der Waals surface area contributed by atoms with Crippen molar-refractivity contribution in [3.8, 4) is 22.8 Å². The molecule has 6 nitrogen and oxygen atoms in total. The maximum Gasteiger partial charge on any atom is 0.246 e. The topological polar surface area (TPSA) is 67.5 Å². The maximum atomic E-state index is 13.1. The van der Waals surface area contributed by atoms with Gasteiger partial charge in [-0.1, -0.05) is 30.3 Å². The summed E-state index contributed by atoms with van der Waals surface area (Å²) in [5, 5.41) is 0.987. The number of carbonyl (C=O) groups is 1. The standard InChI is InChI=1S/C27H25N3O3.2ClH/c1-32-23-15-19-12-14-30(17-20(19)16-24(23)33-2)25(31)11-10-21-22-9-6-13-28-27(22)29-26(21)18-7-4-3-5-8-18;;/h3-11,13,15-16H,12,14,17H2,1-2H3,(H,28,29);2*1H/b11-10+;;. The number of halogens is 2. The molecule has 0 spiro atoms. The number of pyridine rings is 1. The molecule has 0 unspecified atom stereocenters. The van der Waals surface area contributed by atoms with Crippen LogP contribution in [0.25, 0.3) is 28.4 Å².